The Balaban J connectivity index is 1.54. The number of benzene rings is 2. The highest BCUT2D eigenvalue weighted by Gasteiger charge is 2.43. The molecule has 1 atom stereocenters. The molecule has 10 heteroatoms. The van der Waals surface area contributed by atoms with Gasteiger partial charge in [0.25, 0.3) is 0 Å². The zero-order chi connectivity index (χ0) is 23.3. The molecule has 0 aliphatic carbocycles. The van der Waals surface area contributed by atoms with Crippen molar-refractivity contribution in [2.24, 2.45) is 5.16 Å². The minimum absolute atomic E-state index is 0.0173. The lowest BCUT2D eigenvalue weighted by molar-refractivity contribution is -0.144. The van der Waals surface area contributed by atoms with Gasteiger partial charge in [-0.2, -0.15) is 4.31 Å². The Bertz CT molecular complexity index is 1230. The fourth-order valence-electron chi connectivity index (χ4n) is 3.29. The van der Waals surface area contributed by atoms with Crippen LogP contribution in [-0.4, -0.2) is 49.1 Å². The number of pyridine rings is 1. The van der Waals surface area contributed by atoms with Gasteiger partial charge in [-0.25, -0.2) is 8.42 Å². The predicted molar refractivity (Wildman–Crippen MR) is 120 cm³/mol. The predicted octanol–water partition coefficient (Wildman–Crippen LogP) is 3.24. The molecule has 1 aliphatic heterocycles. The SMILES string of the molecule is COC(=O)[C@H]1C/C(=N/Oc2ccccc2)CN1S(=O)(=O)c1ccc(Oc2ccncc2)cc1. The molecule has 33 heavy (non-hydrogen) atoms. The number of oxime groups is 1. The van der Waals surface area contributed by atoms with Gasteiger partial charge in [0.2, 0.25) is 10.0 Å². The second-order valence-electron chi connectivity index (χ2n) is 7.11. The molecular weight excluding hydrogens is 446 g/mol. The van der Waals surface area contributed by atoms with E-state index in [9.17, 15) is 13.2 Å². The molecule has 0 radical (unpaired) electrons. The van der Waals surface area contributed by atoms with Crippen LogP contribution < -0.4 is 9.57 Å². The number of para-hydroxylation sites is 1. The number of ether oxygens (including phenoxy) is 2. The number of aromatic nitrogens is 1. The molecule has 1 aliphatic rings. The molecule has 0 saturated carbocycles. The Morgan fingerprint density at radius 1 is 0.970 bits per heavy atom. The molecule has 0 unspecified atom stereocenters. The zero-order valence-electron chi connectivity index (χ0n) is 17.7. The van der Waals surface area contributed by atoms with E-state index < -0.39 is 22.0 Å². The molecular formula is C23H21N3O6S. The van der Waals surface area contributed by atoms with E-state index in [1.165, 1.54) is 19.2 Å². The first-order valence-corrected chi connectivity index (χ1v) is 11.5. The van der Waals surface area contributed by atoms with Crippen molar-refractivity contribution < 1.29 is 27.5 Å². The lowest BCUT2D eigenvalue weighted by Crippen LogP contribution is -2.41. The maximum Gasteiger partial charge on any atom is 0.324 e. The van der Waals surface area contributed by atoms with Crippen molar-refractivity contribution in [3.8, 4) is 17.2 Å². The Kier molecular flexibility index (Phi) is 6.66. The van der Waals surface area contributed by atoms with E-state index in [-0.39, 0.29) is 17.9 Å². The van der Waals surface area contributed by atoms with Crippen molar-refractivity contribution in [2.45, 2.75) is 17.4 Å². The Labute approximate surface area is 191 Å². The molecule has 0 spiro atoms. The fourth-order valence-corrected chi connectivity index (χ4v) is 4.86. The van der Waals surface area contributed by atoms with Crippen molar-refractivity contribution in [3.05, 3.63) is 79.1 Å². The minimum atomic E-state index is -4.02. The van der Waals surface area contributed by atoms with E-state index in [2.05, 4.69) is 10.1 Å². The van der Waals surface area contributed by atoms with Crippen LogP contribution >= 0.6 is 0 Å². The first kappa shape index (κ1) is 22.4. The molecule has 1 fully saturated rings. The number of methoxy groups -OCH3 is 1. The van der Waals surface area contributed by atoms with Crippen molar-refractivity contribution >= 4 is 21.7 Å². The normalized spacial score (nSPS) is 17.6. The van der Waals surface area contributed by atoms with Gasteiger partial charge >= 0.3 is 5.97 Å². The Morgan fingerprint density at radius 3 is 2.30 bits per heavy atom. The lowest BCUT2D eigenvalue weighted by atomic mass is 10.2. The highest BCUT2D eigenvalue weighted by Crippen LogP contribution is 2.28. The van der Waals surface area contributed by atoms with E-state index in [0.717, 1.165) is 4.31 Å². The van der Waals surface area contributed by atoms with E-state index in [0.29, 0.717) is 23.0 Å². The third-order valence-corrected chi connectivity index (χ3v) is 6.80. The summed E-state index contributed by atoms with van der Waals surface area (Å²) >= 11 is 0. The van der Waals surface area contributed by atoms with Gasteiger partial charge in [0.15, 0.2) is 5.75 Å². The zero-order valence-corrected chi connectivity index (χ0v) is 18.5. The highest BCUT2D eigenvalue weighted by molar-refractivity contribution is 7.89. The van der Waals surface area contributed by atoms with Crippen LogP contribution in [0.1, 0.15) is 6.42 Å². The summed E-state index contributed by atoms with van der Waals surface area (Å²) in [5.41, 5.74) is 0.412. The maximum atomic E-state index is 13.3. The first-order valence-electron chi connectivity index (χ1n) is 10.0. The number of hydrogen-bond donors (Lipinski definition) is 0. The van der Waals surface area contributed by atoms with E-state index >= 15 is 0 Å². The summed E-state index contributed by atoms with van der Waals surface area (Å²) in [6.07, 6.45) is 3.26. The molecule has 3 aromatic rings. The molecule has 4 rings (SSSR count). The maximum absolute atomic E-state index is 13.3. The monoisotopic (exact) mass is 467 g/mol. The van der Waals surface area contributed by atoms with Crippen molar-refractivity contribution in [3.63, 3.8) is 0 Å². The molecule has 9 nitrogen and oxygen atoms in total. The largest absolute Gasteiger partial charge is 0.468 e. The van der Waals surface area contributed by atoms with Crippen molar-refractivity contribution in [1.82, 2.24) is 9.29 Å². The van der Waals surface area contributed by atoms with Gasteiger partial charge < -0.3 is 14.3 Å². The molecule has 2 heterocycles. The van der Waals surface area contributed by atoms with E-state index in [1.54, 1.807) is 60.9 Å². The number of rotatable bonds is 7. The number of esters is 1. The quantitative estimate of drug-likeness (QED) is 0.388. The highest BCUT2D eigenvalue weighted by atomic mass is 32.2. The molecule has 0 amide bonds. The summed E-state index contributed by atoms with van der Waals surface area (Å²) in [6, 6.07) is 17.2. The summed E-state index contributed by atoms with van der Waals surface area (Å²) in [5.74, 6) is 0.876. The van der Waals surface area contributed by atoms with Crippen LogP contribution in [0.15, 0.2) is 89.2 Å². The molecule has 170 valence electrons. The van der Waals surface area contributed by atoms with Crippen molar-refractivity contribution in [2.75, 3.05) is 13.7 Å². The van der Waals surface area contributed by atoms with Gasteiger partial charge in [0.1, 0.15) is 17.5 Å². The third-order valence-electron chi connectivity index (χ3n) is 4.93. The third kappa shape index (κ3) is 5.18. The van der Waals surface area contributed by atoms with Crippen LogP contribution in [0.3, 0.4) is 0 Å². The van der Waals surface area contributed by atoms with Gasteiger partial charge in [0, 0.05) is 18.8 Å². The number of nitrogens with zero attached hydrogens (tertiary/aromatic N) is 3. The summed E-state index contributed by atoms with van der Waals surface area (Å²) in [4.78, 5) is 21.7. The number of carbonyl (C=O) groups is 1. The second kappa shape index (κ2) is 9.80. The van der Waals surface area contributed by atoms with Crippen molar-refractivity contribution in [1.29, 1.82) is 0 Å². The standard InChI is InChI=1S/C23H21N3O6S/c1-30-23(27)22-15-17(25-32-20-5-3-2-4-6-20)16-26(22)33(28,29)21-9-7-18(8-10-21)31-19-11-13-24-14-12-19/h2-14,22H,15-16H2,1H3/b25-17-/t22-/m1/s1. The fraction of sp³-hybridized carbons (Fsp3) is 0.174. The minimum Gasteiger partial charge on any atom is -0.468 e. The van der Waals surface area contributed by atoms with E-state index in [4.69, 9.17) is 14.3 Å². The average Bonchev–Trinajstić information content (AvgIpc) is 3.29. The average molecular weight is 468 g/mol. The van der Waals surface area contributed by atoms with E-state index in [1.807, 2.05) is 6.07 Å². The smallest absolute Gasteiger partial charge is 0.324 e. The Hall–Kier alpha value is -3.76. The molecule has 1 aromatic heterocycles. The topological polar surface area (TPSA) is 107 Å². The molecule has 2 aromatic carbocycles. The lowest BCUT2D eigenvalue weighted by Gasteiger charge is -2.21. The van der Waals surface area contributed by atoms with Gasteiger partial charge in [0.05, 0.1) is 24.3 Å². The van der Waals surface area contributed by atoms with Crippen LogP contribution in [0.25, 0.3) is 0 Å². The van der Waals surface area contributed by atoms with Gasteiger partial charge in [-0.05, 0) is 48.5 Å². The molecule has 0 N–H and O–H groups in total. The second-order valence-corrected chi connectivity index (χ2v) is 9.00. The van der Waals surface area contributed by atoms with Gasteiger partial charge in [-0.3, -0.25) is 9.78 Å². The molecule has 1 saturated heterocycles. The van der Waals surface area contributed by atoms with Gasteiger partial charge in [-0.15, -0.1) is 0 Å². The Morgan fingerprint density at radius 2 is 1.64 bits per heavy atom. The summed E-state index contributed by atoms with van der Waals surface area (Å²) < 4.78 is 38.2. The summed E-state index contributed by atoms with van der Waals surface area (Å²) in [7, 11) is -2.80. The van der Waals surface area contributed by atoms with Crippen LogP contribution in [0.4, 0.5) is 0 Å². The van der Waals surface area contributed by atoms with Crippen LogP contribution in [0, 0.1) is 0 Å². The van der Waals surface area contributed by atoms with Crippen LogP contribution in [0.5, 0.6) is 17.2 Å². The van der Waals surface area contributed by atoms with Crippen LogP contribution in [-0.2, 0) is 19.6 Å². The summed E-state index contributed by atoms with van der Waals surface area (Å²) in [5, 5.41) is 4.06. The summed E-state index contributed by atoms with van der Waals surface area (Å²) in [6.45, 7) is -0.0931. The number of carbonyl (C=O) groups excluding carboxylic acids is 1. The number of sulfonamides is 1. The van der Waals surface area contributed by atoms with Crippen LogP contribution in [0.2, 0.25) is 0 Å². The number of hydrogen-bond acceptors (Lipinski definition) is 8. The molecule has 0 bridgehead atoms. The first-order chi connectivity index (χ1) is 16.0. The van der Waals surface area contributed by atoms with Gasteiger partial charge in [-0.1, -0.05) is 23.4 Å².